The van der Waals surface area contributed by atoms with E-state index < -0.39 is 13.0 Å². The van der Waals surface area contributed by atoms with Crippen molar-refractivity contribution in [1.82, 2.24) is 15.1 Å². The molecule has 0 unspecified atom stereocenters. The highest BCUT2D eigenvalue weighted by atomic mass is 19.4. The molecule has 3 aromatic rings. The van der Waals surface area contributed by atoms with Crippen molar-refractivity contribution < 1.29 is 27.4 Å². The van der Waals surface area contributed by atoms with Crippen LogP contribution >= 0.6 is 0 Å². The number of carbonyl (C=O) groups excluding carboxylic acids is 1. The number of nitrogens with zero attached hydrogens (tertiary/aromatic N) is 2. The summed E-state index contributed by atoms with van der Waals surface area (Å²) in [6.07, 6.45) is -2.94. The minimum atomic E-state index is -4.71. The summed E-state index contributed by atoms with van der Waals surface area (Å²) in [5.41, 5.74) is 3.81. The van der Waals surface area contributed by atoms with E-state index in [1.807, 2.05) is 30.3 Å². The zero-order valence-corrected chi connectivity index (χ0v) is 15.8. The first-order chi connectivity index (χ1) is 14.4. The van der Waals surface area contributed by atoms with Crippen molar-refractivity contribution in [2.24, 2.45) is 0 Å². The van der Waals surface area contributed by atoms with Crippen LogP contribution in [-0.4, -0.2) is 40.5 Å². The Morgan fingerprint density at radius 1 is 1.13 bits per heavy atom. The summed E-state index contributed by atoms with van der Waals surface area (Å²) in [5.74, 6) is 0.249. The van der Waals surface area contributed by atoms with Crippen molar-refractivity contribution in [2.45, 2.75) is 19.5 Å². The smallest absolute Gasteiger partial charge is 0.489 e. The molecule has 1 aromatic heterocycles. The number of carbonyl (C=O) groups is 1. The molecule has 1 N–H and O–H groups in total. The summed E-state index contributed by atoms with van der Waals surface area (Å²) < 4.78 is 46.0. The fourth-order valence-corrected chi connectivity index (χ4v) is 3.33. The van der Waals surface area contributed by atoms with Crippen LogP contribution in [0.4, 0.5) is 13.2 Å². The van der Waals surface area contributed by atoms with Crippen LogP contribution in [-0.2, 0) is 17.9 Å². The maximum absolute atomic E-state index is 12.3. The van der Waals surface area contributed by atoms with Crippen LogP contribution in [0.2, 0.25) is 0 Å². The summed E-state index contributed by atoms with van der Waals surface area (Å²) in [4.78, 5) is 13.7. The highest BCUT2D eigenvalue weighted by molar-refractivity contribution is 5.98. The lowest BCUT2D eigenvalue weighted by Gasteiger charge is -2.16. The quantitative estimate of drug-likeness (QED) is 0.627. The number of H-pyrrole nitrogens is 1. The number of halogens is 3. The molecule has 0 saturated carbocycles. The normalized spacial score (nSPS) is 13.6. The van der Waals surface area contributed by atoms with Gasteiger partial charge in [0, 0.05) is 36.0 Å². The number of alkyl halides is 3. The zero-order chi connectivity index (χ0) is 21.1. The lowest BCUT2D eigenvalue weighted by molar-refractivity contribution is -0.324. The van der Waals surface area contributed by atoms with Gasteiger partial charge in [0.2, 0.25) is 0 Å². The molecule has 0 aliphatic carbocycles. The first-order valence-electron chi connectivity index (χ1n) is 9.24. The molecule has 0 saturated heterocycles. The predicted molar refractivity (Wildman–Crippen MR) is 102 cm³/mol. The first kappa shape index (κ1) is 20.0. The van der Waals surface area contributed by atoms with Crippen LogP contribution in [0, 0.1) is 0 Å². The lowest BCUT2D eigenvalue weighted by atomic mass is 10.1. The Hall–Kier alpha value is -3.33. The molecule has 30 heavy (non-hydrogen) atoms. The second-order valence-electron chi connectivity index (χ2n) is 6.75. The second-order valence-corrected chi connectivity index (χ2v) is 6.75. The van der Waals surface area contributed by atoms with Crippen LogP contribution in [0.25, 0.3) is 11.3 Å². The zero-order valence-electron chi connectivity index (χ0n) is 15.8. The highest BCUT2D eigenvalue weighted by Gasteiger charge is 2.31. The molecular weight excluding hydrogens is 399 g/mol. The molecular formula is C21H18F3N3O3. The SMILES string of the molecule is O=C1c2ccc(OCc3c[nH]nc3-c3ccccc3)cc2CN1CCOC(F)(F)F. The predicted octanol–water partition coefficient (Wildman–Crippen LogP) is 4.15. The monoisotopic (exact) mass is 417 g/mol. The number of rotatable bonds is 7. The lowest BCUT2D eigenvalue weighted by Crippen LogP contribution is -2.30. The van der Waals surface area contributed by atoms with Crippen LogP contribution in [0.1, 0.15) is 21.5 Å². The molecule has 0 bridgehead atoms. The van der Waals surface area contributed by atoms with Gasteiger partial charge < -0.3 is 9.64 Å². The van der Waals surface area contributed by atoms with Gasteiger partial charge in [-0.25, -0.2) is 0 Å². The first-order valence-corrected chi connectivity index (χ1v) is 9.24. The fraction of sp³-hybridized carbons (Fsp3) is 0.238. The standard InChI is InChI=1S/C21H18F3N3O3/c22-21(23,24)30-9-8-27-12-15-10-17(6-7-18(15)20(27)28)29-13-16-11-25-26-19(16)14-4-2-1-3-5-14/h1-7,10-11H,8-9,12-13H2,(H,25,26). The van der Waals surface area contributed by atoms with E-state index in [2.05, 4.69) is 14.9 Å². The van der Waals surface area contributed by atoms with Gasteiger partial charge in [-0.3, -0.25) is 14.6 Å². The summed E-state index contributed by atoms with van der Waals surface area (Å²) in [6, 6.07) is 14.7. The molecule has 0 fully saturated rings. The number of fused-ring (bicyclic) bond motifs is 1. The van der Waals surface area contributed by atoms with Crippen molar-refractivity contribution in [1.29, 1.82) is 0 Å². The van der Waals surface area contributed by atoms with Crippen LogP contribution in [0.15, 0.2) is 54.7 Å². The number of nitrogens with one attached hydrogen (secondary N) is 1. The average Bonchev–Trinajstić information content (AvgIpc) is 3.31. The van der Waals surface area contributed by atoms with E-state index in [4.69, 9.17) is 4.74 Å². The minimum absolute atomic E-state index is 0.140. The van der Waals surface area contributed by atoms with Gasteiger partial charge in [0.05, 0.1) is 12.3 Å². The molecule has 6 nitrogen and oxygen atoms in total. The Morgan fingerprint density at radius 2 is 1.93 bits per heavy atom. The Morgan fingerprint density at radius 3 is 2.70 bits per heavy atom. The molecule has 2 heterocycles. The maximum atomic E-state index is 12.3. The Balaban J connectivity index is 1.39. The molecule has 1 aliphatic heterocycles. The number of aromatic amines is 1. The molecule has 9 heteroatoms. The van der Waals surface area contributed by atoms with Gasteiger partial charge in [0.1, 0.15) is 12.4 Å². The molecule has 2 aromatic carbocycles. The van der Waals surface area contributed by atoms with Crippen molar-refractivity contribution in [3.8, 4) is 17.0 Å². The third-order valence-electron chi connectivity index (χ3n) is 4.74. The van der Waals surface area contributed by atoms with Gasteiger partial charge in [0.15, 0.2) is 0 Å². The number of hydrogen-bond donors (Lipinski definition) is 1. The minimum Gasteiger partial charge on any atom is -0.489 e. The average molecular weight is 417 g/mol. The molecule has 0 spiro atoms. The molecule has 1 amide bonds. The van der Waals surface area contributed by atoms with Crippen molar-refractivity contribution >= 4 is 5.91 Å². The third kappa shape index (κ3) is 4.46. The van der Waals surface area contributed by atoms with E-state index in [0.29, 0.717) is 16.9 Å². The van der Waals surface area contributed by atoms with Crippen molar-refractivity contribution in [2.75, 3.05) is 13.2 Å². The number of aromatic nitrogens is 2. The fourth-order valence-electron chi connectivity index (χ4n) is 3.33. The van der Waals surface area contributed by atoms with Gasteiger partial charge in [0.25, 0.3) is 5.91 Å². The van der Waals surface area contributed by atoms with Gasteiger partial charge >= 0.3 is 6.36 Å². The van der Waals surface area contributed by atoms with E-state index in [9.17, 15) is 18.0 Å². The summed E-state index contributed by atoms with van der Waals surface area (Å²) in [7, 11) is 0. The molecule has 1 aliphatic rings. The van der Waals surface area contributed by atoms with Gasteiger partial charge in [-0.1, -0.05) is 30.3 Å². The van der Waals surface area contributed by atoms with E-state index in [1.54, 1.807) is 24.4 Å². The molecule has 4 rings (SSSR count). The summed E-state index contributed by atoms with van der Waals surface area (Å²) >= 11 is 0. The van der Waals surface area contributed by atoms with Crippen LogP contribution < -0.4 is 4.74 Å². The molecule has 0 atom stereocenters. The summed E-state index contributed by atoms with van der Waals surface area (Å²) in [5, 5.41) is 7.12. The van der Waals surface area contributed by atoms with Gasteiger partial charge in [-0.05, 0) is 23.8 Å². The maximum Gasteiger partial charge on any atom is 0.522 e. The van der Waals surface area contributed by atoms with E-state index in [0.717, 1.165) is 16.8 Å². The van der Waals surface area contributed by atoms with Gasteiger partial charge in [-0.15, -0.1) is 13.2 Å². The highest BCUT2D eigenvalue weighted by Crippen LogP contribution is 2.28. The second kappa shape index (κ2) is 8.19. The van der Waals surface area contributed by atoms with Crippen molar-refractivity contribution in [3.05, 3.63) is 71.4 Å². The third-order valence-corrected chi connectivity index (χ3v) is 4.74. The van der Waals surface area contributed by atoms with E-state index in [1.165, 1.54) is 4.90 Å². The largest absolute Gasteiger partial charge is 0.522 e. The Bertz CT molecular complexity index is 1030. The van der Waals surface area contributed by atoms with Crippen LogP contribution in [0.3, 0.4) is 0 Å². The number of hydrogen-bond acceptors (Lipinski definition) is 4. The Labute approximate surface area is 170 Å². The number of amides is 1. The van der Waals surface area contributed by atoms with Gasteiger partial charge in [-0.2, -0.15) is 5.10 Å². The summed E-state index contributed by atoms with van der Waals surface area (Å²) in [6.45, 7) is -0.252. The number of ether oxygens (including phenoxy) is 2. The molecule has 0 radical (unpaired) electrons. The van der Waals surface area contributed by atoms with E-state index >= 15 is 0 Å². The molecule has 156 valence electrons. The topological polar surface area (TPSA) is 67.5 Å². The van der Waals surface area contributed by atoms with E-state index in [-0.39, 0.29) is 25.6 Å². The Kier molecular flexibility index (Phi) is 5.45. The van der Waals surface area contributed by atoms with Crippen LogP contribution in [0.5, 0.6) is 5.75 Å². The van der Waals surface area contributed by atoms with Crippen molar-refractivity contribution in [3.63, 3.8) is 0 Å². The number of benzene rings is 2.